The molecular formula is C9H8BrFO3. The van der Waals surface area contributed by atoms with Crippen molar-refractivity contribution in [3.63, 3.8) is 0 Å². The average molecular weight is 263 g/mol. The Morgan fingerprint density at radius 3 is 2.57 bits per heavy atom. The van der Waals surface area contributed by atoms with E-state index in [0.717, 1.165) is 6.07 Å². The number of rotatable bonds is 2. The van der Waals surface area contributed by atoms with Gasteiger partial charge in [0.1, 0.15) is 5.82 Å². The number of halogens is 2. The van der Waals surface area contributed by atoms with Crippen LogP contribution in [0.3, 0.4) is 0 Å². The number of methoxy groups -OCH3 is 1. The third-order valence-electron chi connectivity index (χ3n) is 1.46. The fraction of sp³-hybridized carbons (Fsp3) is 0.222. The number of ether oxygens (including phenoxy) is 2. The first-order valence-electron chi connectivity index (χ1n) is 3.76. The smallest absolute Gasteiger partial charge is 0.308 e. The highest BCUT2D eigenvalue weighted by Crippen LogP contribution is 2.32. The Balaban J connectivity index is 3.13. The summed E-state index contributed by atoms with van der Waals surface area (Å²) in [7, 11) is 1.37. The minimum Gasteiger partial charge on any atom is -0.493 e. The predicted molar refractivity (Wildman–Crippen MR) is 52.0 cm³/mol. The summed E-state index contributed by atoms with van der Waals surface area (Å²) in [6, 6.07) is 2.48. The van der Waals surface area contributed by atoms with Crippen LogP contribution in [0.15, 0.2) is 16.6 Å². The summed E-state index contributed by atoms with van der Waals surface area (Å²) >= 11 is 2.98. The second-order valence-corrected chi connectivity index (χ2v) is 3.37. The van der Waals surface area contributed by atoms with E-state index in [1.54, 1.807) is 0 Å². The van der Waals surface area contributed by atoms with Gasteiger partial charge in [-0.1, -0.05) is 0 Å². The largest absolute Gasteiger partial charge is 0.493 e. The maximum Gasteiger partial charge on any atom is 0.308 e. The van der Waals surface area contributed by atoms with Gasteiger partial charge >= 0.3 is 5.97 Å². The van der Waals surface area contributed by atoms with Gasteiger partial charge in [-0.05, 0) is 15.9 Å². The Morgan fingerprint density at radius 2 is 2.07 bits per heavy atom. The maximum absolute atomic E-state index is 13.0. The molecule has 0 saturated heterocycles. The highest BCUT2D eigenvalue weighted by atomic mass is 79.9. The number of hydrogen-bond donors (Lipinski definition) is 0. The van der Waals surface area contributed by atoms with Gasteiger partial charge in [0.2, 0.25) is 0 Å². The fourth-order valence-electron chi connectivity index (χ4n) is 0.904. The summed E-state index contributed by atoms with van der Waals surface area (Å²) in [6.07, 6.45) is 0. The molecule has 0 atom stereocenters. The molecule has 0 aliphatic heterocycles. The van der Waals surface area contributed by atoms with E-state index in [4.69, 9.17) is 9.47 Å². The number of hydrogen-bond acceptors (Lipinski definition) is 3. The summed E-state index contributed by atoms with van der Waals surface area (Å²) in [4.78, 5) is 10.7. The van der Waals surface area contributed by atoms with Gasteiger partial charge < -0.3 is 9.47 Å². The molecule has 0 bridgehead atoms. The van der Waals surface area contributed by atoms with Crippen molar-refractivity contribution >= 4 is 21.9 Å². The van der Waals surface area contributed by atoms with Crippen LogP contribution in [0.5, 0.6) is 11.5 Å². The quantitative estimate of drug-likeness (QED) is 0.607. The molecule has 1 aromatic rings. The molecule has 76 valence electrons. The van der Waals surface area contributed by atoms with Crippen LogP contribution in [0, 0.1) is 5.82 Å². The molecule has 1 rings (SSSR count). The molecule has 5 heteroatoms. The van der Waals surface area contributed by atoms with Gasteiger partial charge in [-0.3, -0.25) is 4.79 Å². The van der Waals surface area contributed by atoms with Gasteiger partial charge in [-0.25, -0.2) is 4.39 Å². The first kappa shape index (κ1) is 11.0. The van der Waals surface area contributed by atoms with Crippen molar-refractivity contribution < 1.29 is 18.7 Å². The molecule has 0 fully saturated rings. The molecular weight excluding hydrogens is 255 g/mol. The van der Waals surface area contributed by atoms with E-state index in [9.17, 15) is 9.18 Å². The lowest BCUT2D eigenvalue weighted by molar-refractivity contribution is -0.132. The Kier molecular flexibility index (Phi) is 3.46. The van der Waals surface area contributed by atoms with E-state index in [1.807, 2.05) is 0 Å². The van der Waals surface area contributed by atoms with Crippen LogP contribution >= 0.6 is 15.9 Å². The van der Waals surface area contributed by atoms with E-state index in [2.05, 4.69) is 15.9 Å². The second kappa shape index (κ2) is 4.41. The summed E-state index contributed by atoms with van der Waals surface area (Å²) in [5.74, 6) is -0.589. The van der Waals surface area contributed by atoms with Crippen molar-refractivity contribution in [3.8, 4) is 11.5 Å². The molecule has 0 saturated carbocycles. The minimum atomic E-state index is -0.484. The zero-order chi connectivity index (χ0) is 10.7. The highest BCUT2D eigenvalue weighted by molar-refractivity contribution is 9.10. The van der Waals surface area contributed by atoms with Crippen LogP contribution in [0.25, 0.3) is 0 Å². The van der Waals surface area contributed by atoms with E-state index >= 15 is 0 Å². The molecule has 14 heavy (non-hydrogen) atoms. The van der Waals surface area contributed by atoms with E-state index < -0.39 is 11.8 Å². The van der Waals surface area contributed by atoms with Crippen molar-refractivity contribution in [2.75, 3.05) is 7.11 Å². The fourth-order valence-corrected chi connectivity index (χ4v) is 1.23. The molecule has 0 spiro atoms. The normalized spacial score (nSPS) is 9.71. The van der Waals surface area contributed by atoms with Gasteiger partial charge in [-0.2, -0.15) is 0 Å². The lowest BCUT2D eigenvalue weighted by Crippen LogP contribution is -2.03. The average Bonchev–Trinajstić information content (AvgIpc) is 2.10. The third kappa shape index (κ3) is 2.45. The first-order valence-corrected chi connectivity index (χ1v) is 4.55. The lowest BCUT2D eigenvalue weighted by atomic mass is 10.3. The monoisotopic (exact) mass is 262 g/mol. The van der Waals surface area contributed by atoms with Crippen LogP contribution in [0.1, 0.15) is 6.92 Å². The van der Waals surface area contributed by atoms with Crippen molar-refractivity contribution in [1.82, 2.24) is 0 Å². The van der Waals surface area contributed by atoms with E-state index in [-0.39, 0.29) is 16.0 Å². The standard InChI is InChI=1S/C9H8BrFO3/c1-5(12)14-9-3-6(10)7(11)4-8(9)13-2/h3-4H,1-2H3. The van der Waals surface area contributed by atoms with Crippen LogP contribution < -0.4 is 9.47 Å². The minimum absolute atomic E-state index is 0.181. The Bertz CT molecular complexity index is 365. The zero-order valence-electron chi connectivity index (χ0n) is 7.64. The van der Waals surface area contributed by atoms with Crippen LogP contribution in [-0.4, -0.2) is 13.1 Å². The predicted octanol–water partition coefficient (Wildman–Crippen LogP) is 2.52. The molecule has 0 aromatic heterocycles. The van der Waals surface area contributed by atoms with Gasteiger partial charge in [0, 0.05) is 19.1 Å². The summed E-state index contributed by atoms with van der Waals surface area (Å²) < 4.78 is 22.9. The Morgan fingerprint density at radius 1 is 1.43 bits per heavy atom. The molecule has 0 amide bonds. The summed E-state index contributed by atoms with van der Waals surface area (Å²) in [5.41, 5.74) is 0. The van der Waals surface area contributed by atoms with E-state index in [1.165, 1.54) is 20.1 Å². The highest BCUT2D eigenvalue weighted by Gasteiger charge is 2.11. The van der Waals surface area contributed by atoms with Gasteiger partial charge in [0.25, 0.3) is 0 Å². The van der Waals surface area contributed by atoms with Crippen molar-refractivity contribution in [1.29, 1.82) is 0 Å². The molecule has 0 heterocycles. The molecule has 0 aliphatic carbocycles. The van der Waals surface area contributed by atoms with Crippen molar-refractivity contribution in [2.24, 2.45) is 0 Å². The van der Waals surface area contributed by atoms with E-state index in [0.29, 0.717) is 0 Å². The first-order chi connectivity index (χ1) is 6.54. The summed E-state index contributed by atoms with van der Waals surface area (Å²) in [5, 5.41) is 0. The van der Waals surface area contributed by atoms with Crippen molar-refractivity contribution in [3.05, 3.63) is 22.4 Å². The third-order valence-corrected chi connectivity index (χ3v) is 2.07. The molecule has 0 unspecified atom stereocenters. The van der Waals surface area contributed by atoms with Crippen LogP contribution in [0.4, 0.5) is 4.39 Å². The number of carbonyl (C=O) groups excluding carboxylic acids is 1. The lowest BCUT2D eigenvalue weighted by Gasteiger charge is -2.08. The van der Waals surface area contributed by atoms with Crippen molar-refractivity contribution in [2.45, 2.75) is 6.92 Å². The molecule has 0 radical (unpaired) electrons. The van der Waals surface area contributed by atoms with Crippen LogP contribution in [0.2, 0.25) is 0 Å². The SMILES string of the molecule is COc1cc(F)c(Br)cc1OC(C)=O. The Hall–Kier alpha value is -1.10. The van der Waals surface area contributed by atoms with Crippen LogP contribution in [-0.2, 0) is 4.79 Å². The topological polar surface area (TPSA) is 35.5 Å². The number of carbonyl (C=O) groups is 1. The van der Waals surface area contributed by atoms with Gasteiger partial charge in [-0.15, -0.1) is 0 Å². The number of esters is 1. The zero-order valence-corrected chi connectivity index (χ0v) is 9.22. The molecule has 0 N–H and O–H groups in total. The number of benzene rings is 1. The Labute approximate surface area is 88.9 Å². The second-order valence-electron chi connectivity index (χ2n) is 2.51. The summed E-state index contributed by atoms with van der Waals surface area (Å²) in [6.45, 7) is 1.26. The van der Waals surface area contributed by atoms with Gasteiger partial charge in [0.15, 0.2) is 11.5 Å². The van der Waals surface area contributed by atoms with Gasteiger partial charge in [0.05, 0.1) is 11.6 Å². The molecule has 0 aliphatic rings. The molecule has 3 nitrogen and oxygen atoms in total. The molecule has 1 aromatic carbocycles. The maximum atomic E-state index is 13.0.